The first kappa shape index (κ1) is 20.5. The van der Waals surface area contributed by atoms with Gasteiger partial charge in [-0.3, -0.25) is 14.9 Å². The van der Waals surface area contributed by atoms with Gasteiger partial charge in [0.1, 0.15) is 0 Å². The van der Waals surface area contributed by atoms with E-state index in [0.29, 0.717) is 5.56 Å². The molecule has 0 saturated carbocycles. The smallest absolute Gasteiger partial charge is 0.269 e. The van der Waals surface area contributed by atoms with Crippen molar-refractivity contribution in [3.05, 3.63) is 68.2 Å². The van der Waals surface area contributed by atoms with Gasteiger partial charge in [-0.25, -0.2) is 8.42 Å². The Hall–Kier alpha value is -2.20. The third-order valence-electron chi connectivity index (χ3n) is 4.38. The Morgan fingerprint density at radius 3 is 2.11 bits per heavy atom. The lowest BCUT2D eigenvalue weighted by molar-refractivity contribution is -0.384. The van der Waals surface area contributed by atoms with Crippen molar-refractivity contribution in [3.63, 3.8) is 0 Å². The van der Waals surface area contributed by atoms with Crippen molar-refractivity contribution < 1.29 is 18.1 Å². The second-order valence-electron chi connectivity index (χ2n) is 6.08. The molecule has 28 heavy (non-hydrogen) atoms. The number of sulfonamides is 1. The second kappa shape index (κ2) is 8.04. The Bertz CT molecular complexity index is 1020. The Morgan fingerprint density at radius 2 is 1.57 bits per heavy atom. The van der Waals surface area contributed by atoms with Crippen LogP contribution in [-0.4, -0.2) is 54.6 Å². The fourth-order valence-corrected chi connectivity index (χ4v) is 4.64. The van der Waals surface area contributed by atoms with E-state index in [1.54, 1.807) is 0 Å². The van der Waals surface area contributed by atoms with Gasteiger partial charge >= 0.3 is 0 Å². The number of carbonyl (C=O) groups excluding carboxylic acids is 1. The van der Waals surface area contributed by atoms with E-state index in [-0.39, 0.29) is 52.7 Å². The zero-order chi connectivity index (χ0) is 20.5. The van der Waals surface area contributed by atoms with Crippen LogP contribution in [0.1, 0.15) is 10.4 Å². The van der Waals surface area contributed by atoms with Crippen LogP contribution in [0.15, 0.2) is 47.4 Å². The number of nitro groups is 1. The van der Waals surface area contributed by atoms with Crippen LogP contribution in [0.5, 0.6) is 0 Å². The molecular formula is C17H15Cl2N3O5S. The van der Waals surface area contributed by atoms with Crippen LogP contribution in [0.4, 0.5) is 5.69 Å². The fourth-order valence-electron chi connectivity index (χ4n) is 2.83. The lowest BCUT2D eigenvalue weighted by atomic mass is 10.1. The summed E-state index contributed by atoms with van der Waals surface area (Å²) in [6.07, 6.45) is 0. The highest BCUT2D eigenvalue weighted by molar-refractivity contribution is 7.89. The van der Waals surface area contributed by atoms with Crippen LogP contribution >= 0.6 is 23.2 Å². The number of benzene rings is 2. The number of carbonyl (C=O) groups is 1. The molecule has 1 aliphatic rings. The first-order chi connectivity index (χ1) is 13.2. The predicted octanol–water partition coefficient (Wildman–Crippen LogP) is 3.05. The third-order valence-corrected chi connectivity index (χ3v) is 7.01. The minimum Gasteiger partial charge on any atom is -0.336 e. The summed E-state index contributed by atoms with van der Waals surface area (Å²) >= 11 is 11.7. The standard InChI is InChI=1S/C17H15Cl2N3O5S/c18-15-6-5-14(11-16(15)19)28(26,27)21-9-7-20(8-10-21)17(23)12-1-3-13(4-2-12)22(24)25/h1-6,11H,7-10H2. The molecule has 1 amide bonds. The minimum atomic E-state index is -3.75. The Balaban J connectivity index is 1.68. The Labute approximate surface area is 171 Å². The van der Waals surface area contributed by atoms with Crippen LogP contribution < -0.4 is 0 Å². The van der Waals surface area contributed by atoms with Gasteiger partial charge in [0, 0.05) is 43.9 Å². The highest BCUT2D eigenvalue weighted by atomic mass is 35.5. The molecule has 2 aromatic rings. The van der Waals surface area contributed by atoms with Gasteiger partial charge in [-0.15, -0.1) is 0 Å². The van der Waals surface area contributed by atoms with E-state index in [2.05, 4.69) is 0 Å². The fraction of sp³-hybridized carbons (Fsp3) is 0.235. The molecule has 0 spiro atoms. The van der Waals surface area contributed by atoms with Crippen molar-refractivity contribution >= 4 is 44.8 Å². The molecule has 0 atom stereocenters. The highest BCUT2D eigenvalue weighted by Crippen LogP contribution is 2.27. The molecule has 0 aromatic heterocycles. The van der Waals surface area contributed by atoms with E-state index in [9.17, 15) is 23.3 Å². The molecule has 1 aliphatic heterocycles. The van der Waals surface area contributed by atoms with Crippen molar-refractivity contribution in [3.8, 4) is 0 Å². The molecular weight excluding hydrogens is 429 g/mol. The van der Waals surface area contributed by atoms with Crippen LogP contribution in [0.2, 0.25) is 10.0 Å². The van der Waals surface area contributed by atoms with Gasteiger partial charge < -0.3 is 4.90 Å². The summed E-state index contributed by atoms with van der Waals surface area (Å²) in [5.74, 6) is -0.304. The first-order valence-corrected chi connectivity index (χ1v) is 10.4. The minimum absolute atomic E-state index is 0.0389. The summed E-state index contributed by atoms with van der Waals surface area (Å²) in [5, 5.41) is 11.1. The topological polar surface area (TPSA) is 101 Å². The molecule has 0 radical (unpaired) electrons. The monoisotopic (exact) mass is 443 g/mol. The van der Waals surface area contributed by atoms with Crippen LogP contribution in [-0.2, 0) is 10.0 Å². The third kappa shape index (κ3) is 4.12. The van der Waals surface area contributed by atoms with Gasteiger partial charge in [0.05, 0.1) is 19.9 Å². The van der Waals surface area contributed by atoms with Gasteiger partial charge in [0.2, 0.25) is 10.0 Å². The Kier molecular flexibility index (Phi) is 5.90. The molecule has 11 heteroatoms. The van der Waals surface area contributed by atoms with E-state index in [0.717, 1.165) is 0 Å². The molecule has 148 valence electrons. The summed E-state index contributed by atoms with van der Waals surface area (Å²) in [5.41, 5.74) is 0.209. The predicted molar refractivity (Wildman–Crippen MR) is 104 cm³/mol. The molecule has 1 saturated heterocycles. The van der Waals surface area contributed by atoms with Gasteiger partial charge in [-0.2, -0.15) is 4.31 Å². The summed E-state index contributed by atoms with van der Waals surface area (Å²) in [4.78, 5) is 24.3. The molecule has 0 bridgehead atoms. The van der Waals surface area contributed by atoms with Gasteiger partial charge in [0.15, 0.2) is 0 Å². The molecule has 0 aliphatic carbocycles. The van der Waals surface area contributed by atoms with E-state index in [1.807, 2.05) is 0 Å². The van der Waals surface area contributed by atoms with Crippen molar-refractivity contribution in [2.75, 3.05) is 26.2 Å². The lowest BCUT2D eigenvalue weighted by Gasteiger charge is -2.34. The lowest BCUT2D eigenvalue weighted by Crippen LogP contribution is -2.50. The number of hydrogen-bond acceptors (Lipinski definition) is 5. The first-order valence-electron chi connectivity index (χ1n) is 8.19. The van der Waals surface area contributed by atoms with Gasteiger partial charge in [0.25, 0.3) is 11.6 Å². The number of nitro benzene ring substituents is 1. The van der Waals surface area contributed by atoms with E-state index < -0.39 is 14.9 Å². The number of amides is 1. The maximum atomic E-state index is 12.8. The van der Waals surface area contributed by atoms with Gasteiger partial charge in [-0.1, -0.05) is 23.2 Å². The highest BCUT2D eigenvalue weighted by Gasteiger charge is 2.30. The van der Waals surface area contributed by atoms with Crippen LogP contribution in [0.25, 0.3) is 0 Å². The van der Waals surface area contributed by atoms with Crippen molar-refractivity contribution in [1.29, 1.82) is 0 Å². The molecule has 3 rings (SSSR count). The van der Waals surface area contributed by atoms with E-state index >= 15 is 0 Å². The molecule has 1 fully saturated rings. The number of piperazine rings is 1. The molecule has 1 heterocycles. The zero-order valence-corrected chi connectivity index (χ0v) is 16.7. The molecule has 8 nitrogen and oxygen atoms in total. The van der Waals surface area contributed by atoms with Crippen molar-refractivity contribution in [2.45, 2.75) is 4.90 Å². The van der Waals surface area contributed by atoms with Crippen LogP contribution in [0.3, 0.4) is 0 Å². The van der Waals surface area contributed by atoms with Gasteiger partial charge in [-0.05, 0) is 30.3 Å². The zero-order valence-electron chi connectivity index (χ0n) is 14.4. The summed E-state index contributed by atoms with van der Waals surface area (Å²) in [6.45, 7) is 0.662. The molecule has 2 aromatic carbocycles. The number of hydrogen-bond donors (Lipinski definition) is 0. The maximum Gasteiger partial charge on any atom is 0.269 e. The summed E-state index contributed by atoms with van der Waals surface area (Å²) in [6, 6.07) is 9.41. The summed E-state index contributed by atoms with van der Waals surface area (Å²) in [7, 11) is -3.75. The largest absolute Gasteiger partial charge is 0.336 e. The molecule has 0 unspecified atom stereocenters. The number of nitrogens with zero attached hydrogens (tertiary/aromatic N) is 3. The Morgan fingerprint density at radius 1 is 0.964 bits per heavy atom. The quantitative estimate of drug-likeness (QED) is 0.533. The average Bonchev–Trinajstić information content (AvgIpc) is 2.69. The normalized spacial score (nSPS) is 15.4. The SMILES string of the molecule is O=C(c1ccc([N+](=O)[O-])cc1)N1CCN(S(=O)(=O)c2ccc(Cl)c(Cl)c2)CC1. The summed E-state index contributed by atoms with van der Waals surface area (Å²) < 4.78 is 26.8. The second-order valence-corrected chi connectivity index (χ2v) is 8.83. The maximum absolute atomic E-state index is 12.8. The molecule has 0 N–H and O–H groups in total. The number of halogens is 2. The number of non-ortho nitro benzene ring substituents is 1. The number of rotatable bonds is 4. The van der Waals surface area contributed by atoms with E-state index in [1.165, 1.54) is 51.7 Å². The van der Waals surface area contributed by atoms with Crippen molar-refractivity contribution in [2.24, 2.45) is 0 Å². The van der Waals surface area contributed by atoms with E-state index in [4.69, 9.17) is 23.2 Å². The van der Waals surface area contributed by atoms with Crippen molar-refractivity contribution in [1.82, 2.24) is 9.21 Å². The average molecular weight is 444 g/mol. The van der Waals surface area contributed by atoms with Crippen LogP contribution in [0, 0.1) is 10.1 Å².